The van der Waals surface area contributed by atoms with Crippen molar-refractivity contribution in [3.05, 3.63) is 77.4 Å². The summed E-state index contributed by atoms with van der Waals surface area (Å²) in [5.74, 6) is 0. The van der Waals surface area contributed by atoms with Crippen molar-refractivity contribution in [2.24, 2.45) is 0 Å². The van der Waals surface area contributed by atoms with Gasteiger partial charge in [0.2, 0.25) is 0 Å². The third kappa shape index (κ3) is 4.23. The third-order valence-electron chi connectivity index (χ3n) is 8.39. The number of fused-ring (bicyclic) bond motifs is 3. The molecule has 0 saturated carbocycles. The first kappa shape index (κ1) is 27.1. The maximum Gasteiger partial charge on any atom is -1.00 e. The quantitative estimate of drug-likeness (QED) is 0.472. The summed E-state index contributed by atoms with van der Waals surface area (Å²) in [7, 11) is 0. The largest absolute Gasteiger partial charge is 1.00 e. The molecule has 2 atom stereocenters. The number of hydrogen-bond acceptors (Lipinski definition) is 0. The van der Waals surface area contributed by atoms with Crippen LogP contribution in [0.15, 0.2) is 66.3 Å². The first-order valence-corrected chi connectivity index (χ1v) is 35.9. The molecule has 2 aromatic carbocycles. The molecule has 0 N–H and O–H groups in total. The summed E-state index contributed by atoms with van der Waals surface area (Å²) in [4.78, 5) is 0. The zero-order valence-corrected chi connectivity index (χ0v) is 26.6. The van der Waals surface area contributed by atoms with Gasteiger partial charge < -0.3 is 24.8 Å². The fourth-order valence-electron chi connectivity index (χ4n) is 5.97. The minimum Gasteiger partial charge on any atom is -1.00 e. The van der Waals surface area contributed by atoms with Crippen molar-refractivity contribution < 1.29 is 36.4 Å². The Morgan fingerprint density at radius 1 is 0.871 bits per heavy atom. The van der Waals surface area contributed by atoms with Gasteiger partial charge in [-0.25, -0.2) is 0 Å². The number of halogens is 2. The minimum atomic E-state index is -4.74. The van der Waals surface area contributed by atoms with Gasteiger partial charge in [-0.2, -0.15) is 0 Å². The van der Waals surface area contributed by atoms with Crippen LogP contribution in [0, 0.1) is 0 Å². The van der Waals surface area contributed by atoms with Crippen molar-refractivity contribution in [1.82, 2.24) is 0 Å². The molecule has 0 spiro atoms. The molecule has 0 amide bonds. The van der Waals surface area contributed by atoms with Crippen LogP contribution in [0.4, 0.5) is 0 Å². The Hall–Kier alpha value is -0.183. The molecule has 2 aromatic rings. The van der Waals surface area contributed by atoms with Gasteiger partial charge in [0.15, 0.2) is 0 Å². The van der Waals surface area contributed by atoms with Crippen LogP contribution in [0.5, 0.6) is 0 Å². The van der Waals surface area contributed by atoms with Crippen LogP contribution >= 0.6 is 0 Å². The van der Waals surface area contributed by atoms with E-state index in [4.69, 9.17) is 0 Å². The molecule has 0 fully saturated rings. The Kier molecular flexibility index (Phi) is 5.48. The monoisotopic (exact) mass is 566 g/mol. The maximum absolute atomic E-state index is 4.74. The van der Waals surface area contributed by atoms with Gasteiger partial charge in [-0.3, -0.25) is 0 Å². The first-order valence-electron chi connectivity index (χ1n) is 11.4. The Bertz CT molecular complexity index is 1410. The summed E-state index contributed by atoms with van der Waals surface area (Å²) >= 11 is -4.74. The smallest absolute Gasteiger partial charge is 1.00 e. The zero-order valence-electron chi connectivity index (χ0n) is 19.8. The number of hydrogen-bond donors (Lipinski definition) is 0. The fourth-order valence-corrected chi connectivity index (χ4v) is 28.5. The van der Waals surface area contributed by atoms with Gasteiger partial charge in [0, 0.05) is 0 Å². The second-order valence-electron chi connectivity index (χ2n) is 15.7. The summed E-state index contributed by atoms with van der Waals surface area (Å²) in [5.41, 5.74) is 4.53. The molecule has 2 aliphatic rings. The Morgan fingerprint density at radius 2 is 1.55 bits per heavy atom. The van der Waals surface area contributed by atoms with Gasteiger partial charge in [0.25, 0.3) is 0 Å². The molecule has 0 aliphatic heterocycles. The minimum absolute atomic E-state index is 0. The third-order valence-corrected chi connectivity index (χ3v) is 40.3. The molecule has 5 heteroatoms. The standard InChI is InChI=1S/C13H9.C9H13.4CH3.2ClH.2H2Si.Zr/c1-2-6-12-10(4-1)8-9-11-5-3-7-13(11)12;1-2-3-6-9-7-4-5-8-9;;;;;;;;;/h1-9H;4-5,7-8H,2-3,6H2,1H3;4*1H3;2*1H;2*1H2;/p-2. The normalized spacial score (nSPS) is 24.6. The summed E-state index contributed by atoms with van der Waals surface area (Å²) in [6.07, 6.45) is 16.4. The van der Waals surface area contributed by atoms with Crippen LogP contribution in [-0.2, 0) is 11.6 Å². The van der Waals surface area contributed by atoms with Crippen molar-refractivity contribution in [3.8, 4) is 0 Å². The maximum atomic E-state index is 2.72. The Labute approximate surface area is 194 Å². The molecular formula is C26H38Cl2Si2Zr-2. The van der Waals surface area contributed by atoms with E-state index < -0.39 is 11.6 Å². The van der Waals surface area contributed by atoms with Crippen LogP contribution in [0.25, 0.3) is 16.8 Å². The van der Waals surface area contributed by atoms with E-state index in [-0.39, 0.29) is 24.8 Å². The molecule has 0 heterocycles. The molecule has 0 radical (unpaired) electrons. The number of unbranched alkanes of at least 4 members (excludes halogenated alkanes) is 1. The van der Waals surface area contributed by atoms with Gasteiger partial charge in [0.1, 0.15) is 0 Å². The number of rotatable bonds is 5. The average Bonchev–Trinajstić information content (AvgIpc) is 3.27. The van der Waals surface area contributed by atoms with Gasteiger partial charge >= 0.3 is 172 Å². The van der Waals surface area contributed by atoms with Crippen molar-refractivity contribution in [1.29, 1.82) is 0 Å². The van der Waals surface area contributed by atoms with E-state index >= 15 is 0 Å². The van der Waals surface area contributed by atoms with E-state index in [1.54, 1.807) is 5.57 Å². The van der Waals surface area contributed by atoms with Crippen molar-refractivity contribution in [2.75, 3.05) is 0 Å². The van der Waals surface area contributed by atoms with Crippen LogP contribution in [0.2, 0.25) is 22.2 Å². The van der Waals surface area contributed by atoms with Gasteiger partial charge in [-0.1, -0.05) is 0 Å². The van der Waals surface area contributed by atoms with Crippen molar-refractivity contribution >= 4 is 30.6 Å². The number of benzene rings is 2. The average molecular weight is 569 g/mol. The predicted molar refractivity (Wildman–Crippen MR) is 137 cm³/mol. The molecular weight excluding hydrogens is 531 g/mol. The van der Waals surface area contributed by atoms with Crippen molar-refractivity contribution in [2.45, 2.75) is 52.0 Å². The molecule has 31 heavy (non-hydrogen) atoms. The van der Waals surface area contributed by atoms with Crippen LogP contribution in [0.1, 0.15) is 40.9 Å². The summed E-state index contributed by atoms with van der Waals surface area (Å²) in [6, 6.07) is 13.6. The fraction of sp³-hybridized carbons (Fsp3) is 0.385. The second kappa shape index (κ2) is 6.27. The molecule has 0 saturated heterocycles. The molecule has 0 aromatic heterocycles. The SMILES string of the molecule is CCCCC1=C[CH]([Zr]([CH3])([CH3])([CH3])([CH3])(=[SiH2])(=[SiH2])[CH]2C=Cc3c2ccc2ccccc32)C=C1.[Cl-].[Cl-]. The van der Waals surface area contributed by atoms with E-state index in [9.17, 15) is 0 Å². The van der Waals surface area contributed by atoms with Gasteiger partial charge in [-0.15, -0.1) is 0 Å². The van der Waals surface area contributed by atoms with E-state index in [0.717, 1.165) is 0 Å². The predicted octanol–water partition coefficient (Wildman–Crippen LogP) is 0.976. The van der Waals surface area contributed by atoms with Gasteiger partial charge in [0.05, 0.1) is 0 Å². The van der Waals surface area contributed by atoms with E-state index in [2.05, 4.69) is 106 Å². The molecule has 2 aliphatic carbocycles. The molecule has 4 rings (SSSR count). The van der Waals surface area contributed by atoms with Crippen molar-refractivity contribution in [3.63, 3.8) is 0 Å². The summed E-state index contributed by atoms with van der Waals surface area (Å²) in [6.45, 7) is 7.10. The topological polar surface area (TPSA) is 0 Å². The zero-order chi connectivity index (χ0) is 21.3. The second-order valence-corrected chi connectivity index (χ2v) is 120. The molecule has 2 unspecified atom stereocenters. The molecule has 0 nitrogen and oxygen atoms in total. The Balaban J connectivity index is 0.00000171. The first-order chi connectivity index (χ1) is 13.1. The van der Waals surface area contributed by atoms with Crippen LogP contribution in [0.3, 0.4) is 0 Å². The Morgan fingerprint density at radius 3 is 2.23 bits per heavy atom. The summed E-state index contributed by atoms with van der Waals surface area (Å²) in [5, 5.41) is 2.74. The number of allylic oxidation sites excluding steroid dienone is 5. The summed E-state index contributed by atoms with van der Waals surface area (Å²) < 4.78 is 11.8. The molecule has 0 bridgehead atoms. The molecule has 170 valence electrons. The van der Waals surface area contributed by atoms with Crippen LogP contribution in [-0.4, -0.2) is 13.8 Å². The van der Waals surface area contributed by atoms with Gasteiger partial charge in [-0.05, 0) is 0 Å². The van der Waals surface area contributed by atoms with E-state index in [1.807, 2.05) is 0 Å². The van der Waals surface area contributed by atoms with E-state index in [1.165, 1.54) is 41.2 Å². The van der Waals surface area contributed by atoms with Crippen LogP contribution < -0.4 is 24.8 Å². The van der Waals surface area contributed by atoms with E-state index in [0.29, 0.717) is 7.25 Å².